The minimum absolute atomic E-state index is 0.0720. The summed E-state index contributed by atoms with van der Waals surface area (Å²) in [7, 11) is 1.71. The molecule has 1 amide bonds. The van der Waals surface area contributed by atoms with Gasteiger partial charge in [0, 0.05) is 44.8 Å². The van der Waals surface area contributed by atoms with Crippen molar-refractivity contribution in [3.8, 4) is 0 Å². The van der Waals surface area contributed by atoms with E-state index in [2.05, 4.69) is 21.2 Å². The fourth-order valence-electron chi connectivity index (χ4n) is 4.06. The van der Waals surface area contributed by atoms with Gasteiger partial charge in [-0.3, -0.25) is 14.6 Å². The molecule has 1 aromatic rings. The Morgan fingerprint density at radius 3 is 2.76 bits per heavy atom. The number of likely N-dealkylation sites (N-methyl/N-ethyl adjacent to an activating group) is 1. The van der Waals surface area contributed by atoms with Crippen molar-refractivity contribution in [1.82, 2.24) is 15.1 Å². The summed E-state index contributed by atoms with van der Waals surface area (Å²) < 4.78 is 6.19. The zero-order valence-electron chi connectivity index (χ0n) is 14.7. The third-order valence-electron chi connectivity index (χ3n) is 5.59. The predicted octanol–water partition coefficient (Wildman–Crippen LogP) is 1.75. The maximum absolute atomic E-state index is 12.2. The normalized spacial score (nSPS) is 26.4. The van der Waals surface area contributed by atoms with E-state index in [1.807, 2.05) is 18.2 Å². The van der Waals surface area contributed by atoms with Crippen molar-refractivity contribution < 1.29 is 9.53 Å². The lowest BCUT2D eigenvalue weighted by Crippen LogP contribution is -2.72. The van der Waals surface area contributed by atoms with E-state index in [1.54, 1.807) is 7.05 Å². The number of ether oxygens (including phenoxy) is 1. The molecule has 1 spiro atoms. The van der Waals surface area contributed by atoms with Crippen LogP contribution in [0.4, 0.5) is 0 Å². The van der Waals surface area contributed by atoms with Gasteiger partial charge in [0.25, 0.3) is 0 Å². The first-order valence-electron chi connectivity index (χ1n) is 9.14. The Bertz CT molecular complexity index is 643. The van der Waals surface area contributed by atoms with Gasteiger partial charge in [-0.05, 0) is 30.4 Å². The van der Waals surface area contributed by atoms with Crippen molar-refractivity contribution >= 4 is 17.5 Å². The quantitative estimate of drug-likeness (QED) is 0.865. The van der Waals surface area contributed by atoms with E-state index >= 15 is 0 Å². The minimum atomic E-state index is -0.145. The number of halogens is 1. The van der Waals surface area contributed by atoms with Crippen molar-refractivity contribution in [2.75, 3.05) is 39.8 Å². The second-order valence-corrected chi connectivity index (χ2v) is 8.14. The molecule has 1 aliphatic carbocycles. The van der Waals surface area contributed by atoms with E-state index in [0.29, 0.717) is 6.61 Å². The van der Waals surface area contributed by atoms with Crippen LogP contribution in [0.15, 0.2) is 24.3 Å². The fourth-order valence-corrected chi connectivity index (χ4v) is 4.25. The smallest absolute Gasteiger partial charge is 0.239 e. The average molecular weight is 364 g/mol. The number of amides is 1. The zero-order chi connectivity index (χ0) is 17.4. The van der Waals surface area contributed by atoms with Crippen LogP contribution in [-0.4, -0.2) is 67.2 Å². The molecule has 1 atom stereocenters. The molecule has 2 saturated heterocycles. The summed E-state index contributed by atoms with van der Waals surface area (Å²) in [4.78, 5) is 16.9. The van der Waals surface area contributed by atoms with E-state index in [4.69, 9.17) is 16.3 Å². The summed E-state index contributed by atoms with van der Waals surface area (Å²) >= 11 is 6.27. The van der Waals surface area contributed by atoms with Crippen LogP contribution in [0.25, 0.3) is 0 Å². The van der Waals surface area contributed by atoms with Gasteiger partial charge < -0.3 is 10.1 Å². The Kier molecular flexibility index (Phi) is 4.75. The maximum atomic E-state index is 12.2. The fraction of sp³-hybridized carbons (Fsp3) is 0.632. The molecule has 1 N–H and O–H groups in total. The molecule has 6 heteroatoms. The monoisotopic (exact) mass is 363 g/mol. The van der Waals surface area contributed by atoms with Crippen LogP contribution in [0, 0.1) is 5.92 Å². The lowest BCUT2D eigenvalue weighted by atomic mass is 9.89. The summed E-state index contributed by atoms with van der Waals surface area (Å²) in [6.45, 7) is 5.02. The summed E-state index contributed by atoms with van der Waals surface area (Å²) in [6.07, 6.45) is 2.59. The third kappa shape index (κ3) is 3.70. The first-order chi connectivity index (χ1) is 12.1. The summed E-state index contributed by atoms with van der Waals surface area (Å²) in [5.41, 5.74) is 1.04. The van der Waals surface area contributed by atoms with Crippen molar-refractivity contribution in [2.45, 2.75) is 31.0 Å². The Morgan fingerprint density at radius 1 is 1.32 bits per heavy atom. The van der Waals surface area contributed by atoms with E-state index in [1.165, 1.54) is 12.8 Å². The van der Waals surface area contributed by atoms with Crippen LogP contribution in [0.5, 0.6) is 0 Å². The third-order valence-corrected chi connectivity index (χ3v) is 5.96. The molecule has 1 aromatic carbocycles. The largest absolute Gasteiger partial charge is 0.369 e. The lowest BCUT2D eigenvalue weighted by Gasteiger charge is -2.55. The van der Waals surface area contributed by atoms with Crippen LogP contribution >= 0.6 is 11.6 Å². The van der Waals surface area contributed by atoms with Crippen LogP contribution in [0.3, 0.4) is 0 Å². The highest BCUT2D eigenvalue weighted by Gasteiger charge is 2.50. The van der Waals surface area contributed by atoms with E-state index < -0.39 is 0 Å². The molecule has 3 fully saturated rings. The molecule has 4 rings (SSSR count). The molecule has 0 bridgehead atoms. The number of benzene rings is 1. The molecule has 0 radical (unpaired) electrons. The Balaban J connectivity index is 1.37. The molecular weight excluding hydrogens is 338 g/mol. The highest BCUT2D eigenvalue weighted by Crippen LogP contribution is 2.36. The molecule has 2 aliphatic heterocycles. The van der Waals surface area contributed by atoms with Crippen molar-refractivity contribution in [3.63, 3.8) is 0 Å². The Hall–Kier alpha value is -1.14. The van der Waals surface area contributed by atoms with Gasteiger partial charge in [0.2, 0.25) is 5.91 Å². The summed E-state index contributed by atoms with van der Waals surface area (Å²) in [5.74, 6) is 0.837. The highest BCUT2D eigenvalue weighted by molar-refractivity contribution is 6.31. The maximum Gasteiger partial charge on any atom is 0.239 e. The van der Waals surface area contributed by atoms with Crippen LogP contribution in [-0.2, 0) is 16.1 Å². The van der Waals surface area contributed by atoms with Gasteiger partial charge in [0.15, 0.2) is 0 Å². The second kappa shape index (κ2) is 6.88. The number of carbonyl (C=O) groups is 1. The van der Waals surface area contributed by atoms with Crippen molar-refractivity contribution in [3.05, 3.63) is 34.9 Å². The van der Waals surface area contributed by atoms with Crippen LogP contribution < -0.4 is 5.32 Å². The van der Waals surface area contributed by atoms with Gasteiger partial charge in [-0.25, -0.2) is 0 Å². The molecule has 25 heavy (non-hydrogen) atoms. The molecular formula is C19H26ClN3O2. The molecule has 3 aliphatic rings. The average Bonchev–Trinajstić information content (AvgIpc) is 3.39. The number of hydrogen-bond acceptors (Lipinski definition) is 4. The summed E-state index contributed by atoms with van der Waals surface area (Å²) in [5, 5.41) is 3.61. The van der Waals surface area contributed by atoms with Crippen LogP contribution in [0.2, 0.25) is 5.02 Å². The standard InChI is InChI=1S/C19H26ClN3O2/c1-21-18(24)17-10-25-19(13-23(17)8-14-6-7-14)11-22(12-19)9-15-4-2-3-5-16(15)20/h2-5,14,17H,6-13H2,1H3,(H,21,24). The number of rotatable bonds is 5. The molecule has 136 valence electrons. The topological polar surface area (TPSA) is 44.8 Å². The number of nitrogens with zero attached hydrogens (tertiary/aromatic N) is 2. The second-order valence-electron chi connectivity index (χ2n) is 7.73. The van der Waals surface area contributed by atoms with Gasteiger partial charge in [-0.15, -0.1) is 0 Å². The van der Waals surface area contributed by atoms with Gasteiger partial charge in [0.05, 0.1) is 6.61 Å². The lowest BCUT2D eigenvalue weighted by molar-refractivity contribution is -0.203. The first-order valence-corrected chi connectivity index (χ1v) is 9.52. The summed E-state index contributed by atoms with van der Waals surface area (Å²) in [6, 6.07) is 7.86. The van der Waals surface area contributed by atoms with Gasteiger partial charge in [-0.2, -0.15) is 0 Å². The zero-order valence-corrected chi connectivity index (χ0v) is 15.5. The molecule has 0 aromatic heterocycles. The van der Waals surface area contributed by atoms with Gasteiger partial charge >= 0.3 is 0 Å². The number of carbonyl (C=O) groups excluding carboxylic acids is 1. The van der Waals surface area contributed by atoms with Crippen molar-refractivity contribution in [1.29, 1.82) is 0 Å². The van der Waals surface area contributed by atoms with Gasteiger partial charge in [-0.1, -0.05) is 29.8 Å². The first kappa shape index (κ1) is 17.3. The Morgan fingerprint density at radius 2 is 2.08 bits per heavy atom. The molecule has 1 unspecified atom stereocenters. The van der Waals surface area contributed by atoms with Gasteiger partial charge in [0.1, 0.15) is 11.6 Å². The number of likely N-dealkylation sites (tertiary alicyclic amines) is 1. The number of morpholine rings is 1. The predicted molar refractivity (Wildman–Crippen MR) is 97.6 cm³/mol. The molecule has 2 heterocycles. The minimum Gasteiger partial charge on any atom is -0.369 e. The SMILES string of the molecule is CNC(=O)C1COC2(CN(Cc3ccccc3Cl)C2)CN1CC1CC1. The highest BCUT2D eigenvalue weighted by atomic mass is 35.5. The van der Waals surface area contributed by atoms with Crippen LogP contribution in [0.1, 0.15) is 18.4 Å². The Labute approximate surface area is 154 Å². The number of nitrogens with one attached hydrogen (secondary N) is 1. The molecule has 1 saturated carbocycles. The van der Waals surface area contributed by atoms with E-state index in [-0.39, 0.29) is 17.6 Å². The van der Waals surface area contributed by atoms with Crippen molar-refractivity contribution in [2.24, 2.45) is 5.92 Å². The molecule has 5 nitrogen and oxygen atoms in total. The van der Waals surface area contributed by atoms with E-state index in [0.717, 1.165) is 49.2 Å². The number of hydrogen-bond donors (Lipinski definition) is 1. The van der Waals surface area contributed by atoms with E-state index in [9.17, 15) is 4.79 Å².